The summed E-state index contributed by atoms with van der Waals surface area (Å²) in [4.78, 5) is 8.94. The maximum absolute atomic E-state index is 4.54. The molecular formula is C14H15N3. The van der Waals surface area contributed by atoms with Crippen LogP contribution in [-0.2, 0) is 6.42 Å². The number of rotatable bonds is 1. The van der Waals surface area contributed by atoms with Crippen molar-refractivity contribution < 1.29 is 0 Å². The van der Waals surface area contributed by atoms with Crippen LogP contribution in [0.4, 0.5) is 0 Å². The average molecular weight is 225 g/mol. The van der Waals surface area contributed by atoms with Crippen LogP contribution in [0, 0.1) is 13.8 Å². The fourth-order valence-corrected chi connectivity index (χ4v) is 2.08. The van der Waals surface area contributed by atoms with Gasteiger partial charge in [-0.15, -0.1) is 0 Å². The smallest absolute Gasteiger partial charge is 0.234 e. The molecule has 3 aromatic rings. The second-order valence-electron chi connectivity index (χ2n) is 4.52. The van der Waals surface area contributed by atoms with E-state index < -0.39 is 0 Å². The molecule has 0 atom stereocenters. The van der Waals surface area contributed by atoms with Gasteiger partial charge >= 0.3 is 0 Å². The first-order valence-corrected chi connectivity index (χ1v) is 5.93. The van der Waals surface area contributed by atoms with Gasteiger partial charge in [0.25, 0.3) is 0 Å². The molecule has 0 aliphatic rings. The second-order valence-corrected chi connectivity index (χ2v) is 4.52. The molecule has 86 valence electrons. The van der Waals surface area contributed by atoms with Crippen molar-refractivity contribution in [3.8, 4) is 0 Å². The summed E-state index contributed by atoms with van der Waals surface area (Å²) >= 11 is 0. The van der Waals surface area contributed by atoms with E-state index in [1.807, 2.05) is 6.20 Å². The van der Waals surface area contributed by atoms with Crippen molar-refractivity contribution in [1.29, 1.82) is 0 Å². The molecule has 0 aliphatic heterocycles. The highest BCUT2D eigenvalue weighted by molar-refractivity contribution is 5.81. The van der Waals surface area contributed by atoms with E-state index in [1.165, 1.54) is 16.7 Å². The fourth-order valence-electron chi connectivity index (χ4n) is 2.08. The summed E-state index contributed by atoms with van der Waals surface area (Å²) in [5.41, 5.74) is 5.97. The minimum absolute atomic E-state index is 0.780. The molecule has 3 heteroatoms. The van der Waals surface area contributed by atoms with Crippen LogP contribution in [0.15, 0.2) is 24.5 Å². The molecule has 3 rings (SSSR count). The maximum Gasteiger partial charge on any atom is 0.234 e. The van der Waals surface area contributed by atoms with Gasteiger partial charge in [0.05, 0.1) is 11.0 Å². The quantitative estimate of drug-likeness (QED) is 0.637. The van der Waals surface area contributed by atoms with E-state index >= 15 is 0 Å². The topological polar surface area (TPSA) is 30.2 Å². The summed E-state index contributed by atoms with van der Waals surface area (Å²) in [7, 11) is 0. The van der Waals surface area contributed by atoms with Crippen LogP contribution >= 0.6 is 0 Å². The maximum atomic E-state index is 4.54. The molecule has 0 saturated heterocycles. The lowest BCUT2D eigenvalue weighted by Crippen LogP contribution is -1.92. The third kappa shape index (κ3) is 1.50. The first-order valence-electron chi connectivity index (χ1n) is 5.93. The van der Waals surface area contributed by atoms with E-state index in [0.29, 0.717) is 0 Å². The monoisotopic (exact) mass is 225 g/mol. The van der Waals surface area contributed by atoms with E-state index in [2.05, 4.69) is 53.5 Å². The van der Waals surface area contributed by atoms with E-state index in [9.17, 15) is 0 Å². The van der Waals surface area contributed by atoms with Crippen molar-refractivity contribution in [2.75, 3.05) is 0 Å². The van der Waals surface area contributed by atoms with Crippen LogP contribution in [0.3, 0.4) is 0 Å². The molecule has 0 radical (unpaired) electrons. The fraction of sp³-hybridized carbons (Fsp3) is 0.286. The molecule has 0 bridgehead atoms. The molecule has 2 aromatic heterocycles. The highest BCUT2D eigenvalue weighted by Gasteiger charge is 2.07. The van der Waals surface area contributed by atoms with Gasteiger partial charge in [-0.3, -0.25) is 4.40 Å². The minimum Gasteiger partial charge on any atom is -0.283 e. The van der Waals surface area contributed by atoms with Gasteiger partial charge in [0.2, 0.25) is 5.78 Å². The molecule has 2 heterocycles. The Morgan fingerprint density at radius 3 is 2.71 bits per heavy atom. The van der Waals surface area contributed by atoms with E-state index in [0.717, 1.165) is 23.2 Å². The van der Waals surface area contributed by atoms with Crippen molar-refractivity contribution in [2.45, 2.75) is 27.2 Å². The lowest BCUT2D eigenvalue weighted by atomic mass is 10.1. The molecule has 0 aliphatic carbocycles. The van der Waals surface area contributed by atoms with Crippen LogP contribution in [-0.4, -0.2) is 14.4 Å². The summed E-state index contributed by atoms with van der Waals surface area (Å²) in [5, 5.41) is 0. The summed E-state index contributed by atoms with van der Waals surface area (Å²) < 4.78 is 2.08. The van der Waals surface area contributed by atoms with E-state index in [4.69, 9.17) is 0 Å². The number of fused-ring (bicyclic) bond motifs is 3. The van der Waals surface area contributed by atoms with Crippen molar-refractivity contribution in [2.24, 2.45) is 0 Å². The summed E-state index contributed by atoms with van der Waals surface area (Å²) in [6, 6.07) is 4.32. The van der Waals surface area contributed by atoms with Crippen molar-refractivity contribution in [3.63, 3.8) is 0 Å². The van der Waals surface area contributed by atoms with Gasteiger partial charge in [0.1, 0.15) is 0 Å². The Morgan fingerprint density at radius 2 is 1.94 bits per heavy atom. The molecule has 0 N–H and O–H groups in total. The highest BCUT2D eigenvalue weighted by atomic mass is 15.1. The van der Waals surface area contributed by atoms with Gasteiger partial charge in [0.15, 0.2) is 0 Å². The lowest BCUT2D eigenvalue weighted by Gasteiger charge is -2.01. The predicted molar refractivity (Wildman–Crippen MR) is 69.3 cm³/mol. The summed E-state index contributed by atoms with van der Waals surface area (Å²) in [5.74, 6) is 0.780. The SMILES string of the molecule is CCc1cnc2nc3cc(C)c(C)cc3n2c1. The number of hydrogen-bond acceptors (Lipinski definition) is 2. The Kier molecular flexibility index (Phi) is 2.15. The summed E-state index contributed by atoms with van der Waals surface area (Å²) in [6.45, 7) is 6.38. The van der Waals surface area contributed by atoms with Gasteiger partial charge in [0, 0.05) is 12.4 Å². The average Bonchev–Trinajstić information content (AvgIpc) is 2.67. The third-order valence-corrected chi connectivity index (χ3v) is 3.34. The van der Waals surface area contributed by atoms with Gasteiger partial charge in [-0.1, -0.05) is 6.92 Å². The molecule has 0 amide bonds. The number of imidazole rings is 1. The Labute approximate surface area is 100 Å². The minimum atomic E-state index is 0.780. The molecule has 0 fully saturated rings. The van der Waals surface area contributed by atoms with Crippen LogP contribution < -0.4 is 0 Å². The molecule has 17 heavy (non-hydrogen) atoms. The number of benzene rings is 1. The Balaban J connectivity index is 2.44. The molecule has 0 unspecified atom stereocenters. The van der Waals surface area contributed by atoms with Crippen LogP contribution in [0.1, 0.15) is 23.6 Å². The normalized spacial score (nSPS) is 11.5. The Bertz CT molecular complexity index is 710. The molecule has 1 aromatic carbocycles. The zero-order valence-electron chi connectivity index (χ0n) is 10.4. The van der Waals surface area contributed by atoms with Crippen LogP contribution in [0.25, 0.3) is 16.8 Å². The van der Waals surface area contributed by atoms with Gasteiger partial charge < -0.3 is 0 Å². The van der Waals surface area contributed by atoms with Crippen LogP contribution in [0.2, 0.25) is 0 Å². The van der Waals surface area contributed by atoms with Crippen LogP contribution in [0.5, 0.6) is 0 Å². The lowest BCUT2D eigenvalue weighted by molar-refractivity contribution is 1.03. The molecule has 3 nitrogen and oxygen atoms in total. The van der Waals surface area contributed by atoms with Gasteiger partial charge in [-0.25, -0.2) is 9.97 Å². The van der Waals surface area contributed by atoms with Gasteiger partial charge in [-0.05, 0) is 49.1 Å². The first-order chi connectivity index (χ1) is 8.19. The Morgan fingerprint density at radius 1 is 1.18 bits per heavy atom. The van der Waals surface area contributed by atoms with Gasteiger partial charge in [-0.2, -0.15) is 0 Å². The van der Waals surface area contributed by atoms with Crippen molar-refractivity contribution >= 4 is 16.8 Å². The number of aryl methyl sites for hydroxylation is 3. The predicted octanol–water partition coefficient (Wildman–Crippen LogP) is 3.06. The zero-order valence-corrected chi connectivity index (χ0v) is 10.4. The highest BCUT2D eigenvalue weighted by Crippen LogP contribution is 2.20. The zero-order chi connectivity index (χ0) is 12.0. The molecule has 0 saturated carbocycles. The first kappa shape index (κ1) is 10.3. The number of aromatic nitrogens is 3. The third-order valence-electron chi connectivity index (χ3n) is 3.34. The number of hydrogen-bond donors (Lipinski definition) is 0. The number of nitrogens with zero attached hydrogens (tertiary/aromatic N) is 3. The molecular weight excluding hydrogens is 210 g/mol. The standard InChI is InChI=1S/C14H15N3/c1-4-11-7-15-14-16-12-5-9(2)10(3)6-13(12)17(14)8-11/h5-8H,4H2,1-3H3. The van der Waals surface area contributed by atoms with Crippen molar-refractivity contribution in [1.82, 2.24) is 14.4 Å². The Hall–Kier alpha value is -1.90. The van der Waals surface area contributed by atoms with E-state index in [1.54, 1.807) is 0 Å². The second kappa shape index (κ2) is 3.55. The van der Waals surface area contributed by atoms with Crippen molar-refractivity contribution in [3.05, 3.63) is 41.2 Å². The molecule has 0 spiro atoms. The van der Waals surface area contributed by atoms with E-state index in [-0.39, 0.29) is 0 Å². The largest absolute Gasteiger partial charge is 0.283 e. The summed E-state index contributed by atoms with van der Waals surface area (Å²) in [6.07, 6.45) is 5.03.